The maximum atomic E-state index is 6.07. The molecule has 0 amide bonds. The van der Waals surface area contributed by atoms with Gasteiger partial charge in [0.05, 0.1) is 0 Å². The van der Waals surface area contributed by atoms with E-state index >= 15 is 0 Å². The molecule has 3 heteroatoms. The molecular weight excluding hydrogens is 228 g/mol. The lowest BCUT2D eigenvalue weighted by atomic mass is 9.76. The summed E-state index contributed by atoms with van der Waals surface area (Å²) in [6.07, 6.45) is 6.28. The number of thioether (sulfide) groups is 1. The monoisotopic (exact) mass is 258 g/mol. The normalized spacial score (nSPS) is 23.3. The van der Waals surface area contributed by atoms with Gasteiger partial charge in [-0.15, -0.1) is 0 Å². The number of rotatable bonds is 5. The van der Waals surface area contributed by atoms with Crippen LogP contribution in [0.15, 0.2) is 0 Å². The molecule has 0 radical (unpaired) electrons. The van der Waals surface area contributed by atoms with Crippen LogP contribution in [-0.4, -0.2) is 41.6 Å². The van der Waals surface area contributed by atoms with E-state index in [1.165, 1.54) is 19.3 Å². The average molecular weight is 258 g/mol. The first kappa shape index (κ1) is 15.3. The van der Waals surface area contributed by atoms with Crippen LogP contribution in [0.25, 0.3) is 0 Å². The molecule has 0 aliphatic heterocycles. The van der Waals surface area contributed by atoms with Gasteiger partial charge in [0, 0.05) is 23.4 Å². The topological polar surface area (TPSA) is 29.3 Å². The molecule has 2 unspecified atom stereocenters. The van der Waals surface area contributed by atoms with Gasteiger partial charge in [0.15, 0.2) is 0 Å². The molecular formula is C14H30N2S. The highest BCUT2D eigenvalue weighted by atomic mass is 32.2. The van der Waals surface area contributed by atoms with Crippen LogP contribution in [0.3, 0.4) is 0 Å². The van der Waals surface area contributed by atoms with E-state index in [4.69, 9.17) is 5.73 Å². The van der Waals surface area contributed by atoms with Crippen molar-refractivity contribution in [1.82, 2.24) is 4.90 Å². The minimum atomic E-state index is 0.311. The van der Waals surface area contributed by atoms with Crippen LogP contribution < -0.4 is 5.73 Å². The van der Waals surface area contributed by atoms with Crippen molar-refractivity contribution in [3.63, 3.8) is 0 Å². The highest BCUT2D eigenvalue weighted by molar-refractivity contribution is 8.00. The van der Waals surface area contributed by atoms with E-state index in [-0.39, 0.29) is 0 Å². The van der Waals surface area contributed by atoms with Crippen LogP contribution >= 0.6 is 11.8 Å². The smallest absolute Gasteiger partial charge is 0.0365 e. The maximum Gasteiger partial charge on any atom is 0.0365 e. The Morgan fingerprint density at radius 3 is 2.12 bits per heavy atom. The van der Waals surface area contributed by atoms with E-state index in [0.717, 1.165) is 6.54 Å². The molecule has 102 valence electrons. The van der Waals surface area contributed by atoms with Crippen molar-refractivity contribution in [3.05, 3.63) is 0 Å². The van der Waals surface area contributed by atoms with Crippen LogP contribution in [0, 0.1) is 5.41 Å². The molecule has 1 rings (SSSR count). The lowest BCUT2D eigenvalue weighted by Crippen LogP contribution is -2.60. The van der Waals surface area contributed by atoms with Gasteiger partial charge in [0.1, 0.15) is 0 Å². The Morgan fingerprint density at radius 1 is 1.35 bits per heavy atom. The Bertz CT molecular complexity index is 238. The van der Waals surface area contributed by atoms with Crippen molar-refractivity contribution in [2.75, 3.05) is 19.8 Å². The summed E-state index contributed by atoms with van der Waals surface area (Å²) in [5.74, 6) is 0. The van der Waals surface area contributed by atoms with E-state index in [1.54, 1.807) is 0 Å². The van der Waals surface area contributed by atoms with Crippen molar-refractivity contribution in [2.45, 2.75) is 63.8 Å². The van der Waals surface area contributed by atoms with E-state index in [9.17, 15) is 0 Å². The Morgan fingerprint density at radius 2 is 1.88 bits per heavy atom. The zero-order valence-corrected chi connectivity index (χ0v) is 13.2. The molecule has 2 nitrogen and oxygen atoms in total. The van der Waals surface area contributed by atoms with Crippen LogP contribution in [0.2, 0.25) is 0 Å². The third-order valence-corrected chi connectivity index (χ3v) is 6.29. The molecule has 1 fully saturated rings. The minimum absolute atomic E-state index is 0.311. The molecule has 1 aliphatic carbocycles. The van der Waals surface area contributed by atoms with Gasteiger partial charge >= 0.3 is 0 Å². The number of nitrogens with zero attached hydrogens (tertiary/aromatic N) is 1. The van der Waals surface area contributed by atoms with Crippen LogP contribution in [-0.2, 0) is 0 Å². The van der Waals surface area contributed by atoms with E-state index in [0.29, 0.717) is 22.2 Å². The number of likely N-dealkylation sites (N-methyl/N-ethyl adjacent to an activating group) is 1. The molecule has 0 saturated heterocycles. The van der Waals surface area contributed by atoms with Gasteiger partial charge in [-0.3, -0.25) is 4.90 Å². The van der Waals surface area contributed by atoms with E-state index in [1.807, 2.05) is 11.8 Å². The van der Waals surface area contributed by atoms with Gasteiger partial charge in [-0.25, -0.2) is 0 Å². The molecule has 0 bridgehead atoms. The molecule has 0 aromatic heterocycles. The lowest BCUT2D eigenvalue weighted by molar-refractivity contribution is 0.0614. The van der Waals surface area contributed by atoms with Crippen LogP contribution in [0.1, 0.15) is 47.0 Å². The van der Waals surface area contributed by atoms with Gasteiger partial charge in [0.2, 0.25) is 0 Å². The molecule has 17 heavy (non-hydrogen) atoms. The SMILES string of the molecule is CSC1(C(CN)N(C)C(C)C(C)(C)C)CCC1. The van der Waals surface area contributed by atoms with Crippen molar-refractivity contribution in [1.29, 1.82) is 0 Å². The second-order valence-corrected chi connectivity index (χ2v) is 7.80. The third-order valence-electron chi connectivity index (χ3n) is 4.79. The second kappa shape index (κ2) is 5.50. The Kier molecular flexibility index (Phi) is 4.96. The summed E-state index contributed by atoms with van der Waals surface area (Å²) in [5, 5.41) is 0. The molecule has 2 N–H and O–H groups in total. The van der Waals surface area contributed by atoms with Crippen molar-refractivity contribution in [3.8, 4) is 0 Å². The first-order valence-corrected chi connectivity index (χ1v) is 7.98. The fraction of sp³-hybridized carbons (Fsp3) is 1.00. The Labute approximate surface area is 112 Å². The first-order valence-electron chi connectivity index (χ1n) is 6.75. The summed E-state index contributed by atoms with van der Waals surface area (Å²) in [6, 6.07) is 1.07. The first-order chi connectivity index (χ1) is 7.78. The van der Waals surface area contributed by atoms with Gasteiger partial charge < -0.3 is 5.73 Å². The number of hydrogen-bond donors (Lipinski definition) is 1. The van der Waals surface area contributed by atoms with Gasteiger partial charge in [0.25, 0.3) is 0 Å². The predicted octanol–water partition coefficient (Wildman–Crippen LogP) is 2.97. The number of nitrogens with two attached hydrogens (primary N) is 1. The largest absolute Gasteiger partial charge is 0.329 e. The van der Waals surface area contributed by atoms with Crippen molar-refractivity contribution < 1.29 is 0 Å². The highest BCUT2D eigenvalue weighted by Crippen LogP contribution is 2.47. The minimum Gasteiger partial charge on any atom is -0.329 e. The van der Waals surface area contributed by atoms with Crippen LogP contribution in [0.5, 0.6) is 0 Å². The summed E-state index contributed by atoms with van der Waals surface area (Å²) >= 11 is 2.03. The molecule has 1 saturated carbocycles. The predicted molar refractivity (Wildman–Crippen MR) is 79.6 cm³/mol. The summed E-state index contributed by atoms with van der Waals surface area (Å²) in [5.41, 5.74) is 6.38. The standard InChI is InChI=1S/C14H30N2S/c1-11(13(2,3)4)16(5)12(10-15)14(17-6)8-7-9-14/h11-12H,7-10,15H2,1-6H3. The highest BCUT2D eigenvalue weighted by Gasteiger charge is 2.46. The zero-order valence-electron chi connectivity index (χ0n) is 12.4. The van der Waals surface area contributed by atoms with E-state index < -0.39 is 0 Å². The average Bonchev–Trinajstić information content (AvgIpc) is 2.19. The van der Waals surface area contributed by atoms with E-state index in [2.05, 4.69) is 45.9 Å². The van der Waals surface area contributed by atoms with Gasteiger partial charge in [-0.1, -0.05) is 27.2 Å². The second-order valence-electron chi connectivity index (χ2n) is 6.58. The summed E-state index contributed by atoms with van der Waals surface area (Å²) < 4.78 is 0.420. The van der Waals surface area contributed by atoms with Crippen molar-refractivity contribution >= 4 is 11.8 Å². The van der Waals surface area contributed by atoms with Gasteiger partial charge in [-0.2, -0.15) is 11.8 Å². The molecule has 0 heterocycles. The quantitative estimate of drug-likeness (QED) is 0.822. The fourth-order valence-corrected chi connectivity index (χ4v) is 4.06. The Hall–Kier alpha value is 0.270. The fourth-order valence-electron chi connectivity index (χ4n) is 2.83. The lowest BCUT2D eigenvalue weighted by Gasteiger charge is -2.52. The summed E-state index contributed by atoms with van der Waals surface area (Å²) in [6.45, 7) is 10.0. The maximum absolute atomic E-state index is 6.07. The summed E-state index contributed by atoms with van der Waals surface area (Å²) in [7, 11) is 2.25. The molecule has 0 spiro atoms. The van der Waals surface area contributed by atoms with Crippen LogP contribution in [0.4, 0.5) is 0 Å². The third kappa shape index (κ3) is 2.99. The molecule has 0 aromatic rings. The van der Waals surface area contributed by atoms with Gasteiger partial charge in [-0.05, 0) is 38.5 Å². The molecule has 1 aliphatic rings. The molecule has 0 aromatic carbocycles. The van der Waals surface area contributed by atoms with Crippen molar-refractivity contribution in [2.24, 2.45) is 11.1 Å². The zero-order chi connectivity index (χ0) is 13.3. The molecule has 2 atom stereocenters. The number of hydrogen-bond acceptors (Lipinski definition) is 3. The Balaban J connectivity index is 2.80. The summed E-state index contributed by atoms with van der Waals surface area (Å²) in [4.78, 5) is 2.52.